The first kappa shape index (κ1) is 10.2. The van der Waals surface area contributed by atoms with E-state index in [0.29, 0.717) is 12.0 Å². The lowest BCUT2D eigenvalue weighted by Crippen LogP contribution is -2.13. The van der Waals surface area contributed by atoms with Gasteiger partial charge in [0.15, 0.2) is 9.84 Å². The molecule has 1 saturated heterocycles. The Morgan fingerprint density at radius 3 is 2.62 bits per heavy atom. The Kier molecular flexibility index (Phi) is 2.75. The Labute approximate surface area is 77.5 Å². The van der Waals surface area contributed by atoms with Crippen molar-refractivity contribution >= 4 is 15.8 Å². The van der Waals surface area contributed by atoms with E-state index in [4.69, 9.17) is 0 Å². The van der Waals surface area contributed by atoms with Gasteiger partial charge in [0.25, 0.3) is 0 Å². The van der Waals surface area contributed by atoms with Crippen LogP contribution in [0.2, 0.25) is 0 Å². The minimum Gasteiger partial charge on any atom is -0.466 e. The Balaban J connectivity index is 2.88. The summed E-state index contributed by atoms with van der Waals surface area (Å²) in [6.45, 7) is 1.59. The summed E-state index contributed by atoms with van der Waals surface area (Å²) in [7, 11) is -1.73. The van der Waals surface area contributed by atoms with Gasteiger partial charge in [-0.05, 0) is 18.9 Å². The Bertz CT molecular complexity index is 339. The molecule has 0 bridgehead atoms. The molecular weight excluding hydrogens is 192 g/mol. The number of sulfone groups is 1. The van der Waals surface area contributed by atoms with E-state index in [-0.39, 0.29) is 5.75 Å². The monoisotopic (exact) mass is 204 g/mol. The molecule has 1 atom stereocenters. The lowest BCUT2D eigenvalue weighted by atomic mass is 10.1. The van der Waals surface area contributed by atoms with E-state index in [9.17, 15) is 13.2 Å². The minimum atomic E-state index is -3.00. The van der Waals surface area contributed by atoms with Gasteiger partial charge in [-0.15, -0.1) is 0 Å². The zero-order valence-corrected chi connectivity index (χ0v) is 8.43. The zero-order valence-electron chi connectivity index (χ0n) is 7.61. The number of methoxy groups -OCH3 is 1. The molecule has 0 aromatic heterocycles. The fourth-order valence-corrected chi connectivity index (χ4v) is 2.79. The molecular formula is C8H12O4S. The molecule has 74 valence electrons. The highest BCUT2D eigenvalue weighted by Gasteiger charge is 2.32. The van der Waals surface area contributed by atoms with Gasteiger partial charge >= 0.3 is 5.97 Å². The van der Waals surface area contributed by atoms with Gasteiger partial charge in [0.05, 0.1) is 18.1 Å². The predicted octanol–water partition coefficient (Wildman–Crippen LogP) is 0.293. The lowest BCUT2D eigenvalue weighted by Gasteiger charge is -2.02. The van der Waals surface area contributed by atoms with Crippen molar-refractivity contribution in [3.63, 3.8) is 0 Å². The van der Waals surface area contributed by atoms with Crippen molar-refractivity contribution in [2.45, 2.75) is 18.6 Å². The summed E-state index contributed by atoms with van der Waals surface area (Å²) in [5.41, 5.74) is 0.645. The van der Waals surface area contributed by atoms with Crippen molar-refractivity contribution in [1.29, 1.82) is 0 Å². The Morgan fingerprint density at radius 2 is 2.23 bits per heavy atom. The quantitative estimate of drug-likeness (QED) is 0.455. The molecule has 0 aromatic rings. The molecule has 0 saturated carbocycles. The summed E-state index contributed by atoms with van der Waals surface area (Å²) in [6.07, 6.45) is 1.72. The molecule has 0 radical (unpaired) electrons. The number of hydrogen-bond acceptors (Lipinski definition) is 4. The number of ether oxygens (including phenoxy) is 1. The van der Waals surface area contributed by atoms with E-state index in [1.165, 1.54) is 13.2 Å². The van der Waals surface area contributed by atoms with E-state index >= 15 is 0 Å². The van der Waals surface area contributed by atoms with Crippen LogP contribution < -0.4 is 0 Å². The molecule has 0 amide bonds. The third-order valence-electron chi connectivity index (χ3n) is 2.24. The summed E-state index contributed by atoms with van der Waals surface area (Å²) < 4.78 is 26.9. The normalized spacial score (nSPS) is 29.1. The summed E-state index contributed by atoms with van der Waals surface area (Å²) in [6, 6.07) is 0. The van der Waals surface area contributed by atoms with Crippen LogP contribution in [0, 0.1) is 0 Å². The van der Waals surface area contributed by atoms with Gasteiger partial charge in [-0.3, -0.25) is 0 Å². The van der Waals surface area contributed by atoms with Crippen LogP contribution in [0.3, 0.4) is 0 Å². The standard InChI is InChI=1S/C8H12O4S/c1-6-7(5-8(9)12-2)3-4-13(6,10)11/h5-6H,3-4H2,1-2H3/b7-5-. The second-order valence-corrected chi connectivity index (χ2v) is 5.44. The molecule has 1 aliphatic rings. The van der Waals surface area contributed by atoms with Crippen LogP contribution >= 0.6 is 0 Å². The SMILES string of the molecule is COC(=O)/C=C1/CCS(=O)(=O)C1C. The number of rotatable bonds is 1. The highest BCUT2D eigenvalue weighted by atomic mass is 32.2. The van der Waals surface area contributed by atoms with Crippen LogP contribution in [0.1, 0.15) is 13.3 Å². The number of carbonyl (C=O) groups excluding carboxylic acids is 1. The van der Waals surface area contributed by atoms with Gasteiger partial charge < -0.3 is 4.74 Å². The van der Waals surface area contributed by atoms with E-state index < -0.39 is 21.1 Å². The zero-order chi connectivity index (χ0) is 10.1. The molecule has 0 aliphatic carbocycles. The number of carbonyl (C=O) groups is 1. The lowest BCUT2D eigenvalue weighted by molar-refractivity contribution is -0.134. The van der Waals surface area contributed by atoms with Crippen LogP contribution in [-0.4, -0.2) is 32.5 Å². The summed E-state index contributed by atoms with van der Waals surface area (Å²) in [5.74, 6) is -0.351. The Hall–Kier alpha value is -0.840. The molecule has 13 heavy (non-hydrogen) atoms. The number of hydrogen-bond donors (Lipinski definition) is 0. The molecule has 0 aromatic carbocycles. The summed E-state index contributed by atoms with van der Waals surface area (Å²) in [5, 5.41) is -0.536. The predicted molar refractivity (Wildman–Crippen MR) is 48.0 cm³/mol. The molecule has 1 aliphatic heterocycles. The maximum atomic E-state index is 11.2. The van der Waals surface area contributed by atoms with Crippen LogP contribution in [0.15, 0.2) is 11.6 Å². The molecule has 0 spiro atoms. The first-order valence-corrected chi connectivity index (χ1v) is 5.69. The van der Waals surface area contributed by atoms with E-state index in [1.807, 2.05) is 0 Å². The van der Waals surface area contributed by atoms with Crippen LogP contribution in [0.4, 0.5) is 0 Å². The van der Waals surface area contributed by atoms with Crippen molar-refractivity contribution in [3.8, 4) is 0 Å². The highest BCUT2D eigenvalue weighted by Crippen LogP contribution is 2.25. The maximum absolute atomic E-state index is 11.2. The first-order valence-electron chi connectivity index (χ1n) is 3.97. The summed E-state index contributed by atoms with van der Waals surface area (Å²) >= 11 is 0. The molecule has 4 nitrogen and oxygen atoms in total. The van der Waals surface area contributed by atoms with Gasteiger partial charge in [-0.25, -0.2) is 13.2 Å². The van der Waals surface area contributed by atoms with Gasteiger partial charge in [0.1, 0.15) is 0 Å². The van der Waals surface area contributed by atoms with Crippen LogP contribution in [-0.2, 0) is 19.4 Å². The van der Waals surface area contributed by atoms with E-state index in [1.54, 1.807) is 6.92 Å². The second kappa shape index (κ2) is 3.49. The van der Waals surface area contributed by atoms with E-state index in [0.717, 1.165) is 0 Å². The molecule has 1 unspecified atom stereocenters. The smallest absolute Gasteiger partial charge is 0.330 e. The van der Waals surface area contributed by atoms with Crippen LogP contribution in [0.5, 0.6) is 0 Å². The number of esters is 1. The second-order valence-electron chi connectivity index (χ2n) is 3.00. The fourth-order valence-electron chi connectivity index (χ4n) is 1.27. The van der Waals surface area contributed by atoms with Crippen molar-refractivity contribution in [1.82, 2.24) is 0 Å². The average molecular weight is 204 g/mol. The van der Waals surface area contributed by atoms with Crippen molar-refractivity contribution < 1.29 is 17.9 Å². The van der Waals surface area contributed by atoms with Gasteiger partial charge in [-0.1, -0.05) is 0 Å². The molecule has 1 fully saturated rings. The minimum absolute atomic E-state index is 0.136. The molecule has 0 N–H and O–H groups in total. The van der Waals surface area contributed by atoms with E-state index in [2.05, 4.69) is 4.74 Å². The van der Waals surface area contributed by atoms with Crippen molar-refractivity contribution in [3.05, 3.63) is 11.6 Å². The van der Waals surface area contributed by atoms with Gasteiger partial charge in [0.2, 0.25) is 0 Å². The van der Waals surface area contributed by atoms with Crippen LogP contribution in [0.25, 0.3) is 0 Å². The topological polar surface area (TPSA) is 60.4 Å². The third-order valence-corrected chi connectivity index (χ3v) is 4.39. The maximum Gasteiger partial charge on any atom is 0.330 e. The highest BCUT2D eigenvalue weighted by molar-refractivity contribution is 7.92. The summed E-state index contributed by atoms with van der Waals surface area (Å²) in [4.78, 5) is 10.8. The van der Waals surface area contributed by atoms with Crippen molar-refractivity contribution in [2.24, 2.45) is 0 Å². The molecule has 1 heterocycles. The largest absolute Gasteiger partial charge is 0.466 e. The third kappa shape index (κ3) is 2.09. The van der Waals surface area contributed by atoms with Gasteiger partial charge in [-0.2, -0.15) is 0 Å². The molecule has 1 rings (SSSR count). The van der Waals surface area contributed by atoms with Crippen molar-refractivity contribution in [2.75, 3.05) is 12.9 Å². The van der Waals surface area contributed by atoms with Gasteiger partial charge in [0, 0.05) is 6.08 Å². The Morgan fingerprint density at radius 1 is 1.62 bits per heavy atom. The first-order chi connectivity index (χ1) is 5.97. The average Bonchev–Trinajstić information content (AvgIpc) is 2.32. The molecule has 5 heteroatoms. The fraction of sp³-hybridized carbons (Fsp3) is 0.625.